The normalized spacial score (nSPS) is 10.3. The lowest BCUT2D eigenvalue weighted by atomic mass is 10.1. The van der Waals surface area contributed by atoms with Crippen LogP contribution < -0.4 is 5.32 Å². The highest BCUT2D eigenvalue weighted by molar-refractivity contribution is 9.10. The Hall–Kier alpha value is -2.12. The Balaban J connectivity index is 2.42. The molecule has 0 aliphatic rings. The monoisotopic (exact) mass is 384 g/mol. The standard InChI is InChI=1S/C14H10BrClN2O4/c15-9-5-10(14(19)20)13(12(6-9)18(21)22)17-7-8-3-1-2-4-11(8)16/h1-6,17H,7H2,(H,19,20). The first-order valence-corrected chi connectivity index (χ1v) is 7.25. The molecule has 0 aliphatic carbocycles. The fourth-order valence-electron chi connectivity index (χ4n) is 1.92. The minimum atomic E-state index is -1.26. The molecule has 0 heterocycles. The van der Waals surface area contributed by atoms with E-state index in [0.29, 0.717) is 15.1 Å². The highest BCUT2D eigenvalue weighted by Crippen LogP contribution is 2.33. The number of hydrogen-bond donors (Lipinski definition) is 2. The molecule has 0 atom stereocenters. The zero-order chi connectivity index (χ0) is 16.3. The summed E-state index contributed by atoms with van der Waals surface area (Å²) in [6.45, 7) is 0.169. The number of carboxylic acids is 1. The maximum Gasteiger partial charge on any atom is 0.338 e. The predicted molar refractivity (Wildman–Crippen MR) is 86.5 cm³/mol. The quantitative estimate of drug-likeness (QED) is 0.590. The van der Waals surface area contributed by atoms with Gasteiger partial charge in [-0.25, -0.2) is 4.79 Å². The maximum absolute atomic E-state index is 11.3. The fourth-order valence-corrected chi connectivity index (χ4v) is 2.56. The molecule has 0 aromatic heterocycles. The van der Waals surface area contributed by atoms with Crippen LogP contribution in [0.1, 0.15) is 15.9 Å². The summed E-state index contributed by atoms with van der Waals surface area (Å²) in [4.78, 5) is 21.8. The molecule has 2 aromatic rings. The number of nitrogens with one attached hydrogen (secondary N) is 1. The van der Waals surface area contributed by atoms with Crippen molar-refractivity contribution in [2.45, 2.75) is 6.54 Å². The van der Waals surface area contributed by atoms with E-state index in [1.807, 2.05) is 0 Å². The number of carboxylic acid groups (broad SMARTS) is 1. The molecule has 22 heavy (non-hydrogen) atoms. The summed E-state index contributed by atoms with van der Waals surface area (Å²) in [6.07, 6.45) is 0. The van der Waals surface area contributed by atoms with Crippen LogP contribution in [-0.4, -0.2) is 16.0 Å². The Bertz CT molecular complexity index is 716. The summed E-state index contributed by atoms with van der Waals surface area (Å²) in [5.41, 5.74) is 0.144. The SMILES string of the molecule is O=C(O)c1cc(Br)cc([N+](=O)[O-])c1NCc1ccccc1Cl. The van der Waals surface area contributed by atoms with Crippen LogP contribution in [0.3, 0.4) is 0 Å². The molecule has 0 saturated heterocycles. The molecule has 0 saturated carbocycles. The first-order chi connectivity index (χ1) is 10.4. The molecule has 8 heteroatoms. The Labute approximate surface area is 139 Å². The van der Waals surface area contributed by atoms with Gasteiger partial charge in [0.05, 0.1) is 10.5 Å². The van der Waals surface area contributed by atoms with Gasteiger partial charge in [0.1, 0.15) is 5.69 Å². The van der Waals surface area contributed by atoms with E-state index < -0.39 is 10.9 Å². The predicted octanol–water partition coefficient (Wildman–Crippen LogP) is 4.32. The number of anilines is 1. The zero-order valence-corrected chi connectivity index (χ0v) is 13.4. The smallest absolute Gasteiger partial charge is 0.338 e. The number of nitro benzene ring substituents is 1. The number of carbonyl (C=O) groups is 1. The van der Waals surface area contributed by atoms with E-state index in [1.165, 1.54) is 12.1 Å². The Morgan fingerprint density at radius 2 is 2.05 bits per heavy atom. The van der Waals surface area contributed by atoms with Gasteiger partial charge in [-0.15, -0.1) is 0 Å². The number of aromatic carboxylic acids is 1. The van der Waals surface area contributed by atoms with Crippen LogP contribution in [0.5, 0.6) is 0 Å². The maximum atomic E-state index is 11.3. The second-order valence-corrected chi connectivity index (χ2v) is 5.68. The molecule has 2 rings (SSSR count). The zero-order valence-electron chi connectivity index (χ0n) is 11.0. The van der Waals surface area contributed by atoms with Gasteiger partial charge in [0.15, 0.2) is 0 Å². The Kier molecular flexibility index (Phi) is 4.99. The fraction of sp³-hybridized carbons (Fsp3) is 0.0714. The summed E-state index contributed by atoms with van der Waals surface area (Å²) in [6, 6.07) is 9.53. The number of hydrogen-bond acceptors (Lipinski definition) is 4. The topological polar surface area (TPSA) is 92.5 Å². The number of halogens is 2. The van der Waals surface area contributed by atoms with Crippen LogP contribution >= 0.6 is 27.5 Å². The summed E-state index contributed by atoms with van der Waals surface area (Å²) in [5, 5.41) is 23.7. The van der Waals surface area contributed by atoms with E-state index in [-0.39, 0.29) is 23.5 Å². The summed E-state index contributed by atoms with van der Waals surface area (Å²) in [7, 11) is 0. The van der Waals surface area contributed by atoms with E-state index in [2.05, 4.69) is 21.2 Å². The average Bonchev–Trinajstić information content (AvgIpc) is 2.46. The summed E-state index contributed by atoms with van der Waals surface area (Å²) in [5.74, 6) is -1.26. The minimum absolute atomic E-state index is 0.0550. The van der Waals surface area contributed by atoms with Crippen molar-refractivity contribution < 1.29 is 14.8 Å². The van der Waals surface area contributed by atoms with Crippen molar-refractivity contribution in [1.29, 1.82) is 0 Å². The average molecular weight is 386 g/mol. The molecule has 6 nitrogen and oxygen atoms in total. The molecule has 0 unspecified atom stereocenters. The third-order valence-electron chi connectivity index (χ3n) is 2.92. The molecular formula is C14H10BrClN2O4. The van der Waals surface area contributed by atoms with E-state index >= 15 is 0 Å². The number of rotatable bonds is 5. The molecule has 0 amide bonds. The number of nitro groups is 1. The van der Waals surface area contributed by atoms with E-state index in [1.54, 1.807) is 24.3 Å². The van der Waals surface area contributed by atoms with Gasteiger partial charge < -0.3 is 10.4 Å². The van der Waals surface area contributed by atoms with Crippen molar-refractivity contribution in [2.75, 3.05) is 5.32 Å². The van der Waals surface area contributed by atoms with Gasteiger partial charge in [0, 0.05) is 22.1 Å². The molecule has 0 radical (unpaired) electrons. The van der Waals surface area contributed by atoms with Gasteiger partial charge in [-0.2, -0.15) is 0 Å². The molecule has 0 bridgehead atoms. The van der Waals surface area contributed by atoms with Crippen molar-refractivity contribution in [3.8, 4) is 0 Å². The molecular weight excluding hydrogens is 376 g/mol. The molecule has 2 N–H and O–H groups in total. The molecule has 114 valence electrons. The first kappa shape index (κ1) is 16.3. The van der Waals surface area contributed by atoms with Gasteiger partial charge in [-0.05, 0) is 17.7 Å². The molecule has 0 fully saturated rings. The van der Waals surface area contributed by atoms with Gasteiger partial charge in [0.25, 0.3) is 5.69 Å². The van der Waals surface area contributed by atoms with Crippen molar-refractivity contribution >= 4 is 44.9 Å². The lowest BCUT2D eigenvalue weighted by Gasteiger charge is -2.11. The number of nitrogens with zero attached hydrogens (tertiary/aromatic N) is 1. The Morgan fingerprint density at radius 1 is 1.36 bits per heavy atom. The van der Waals surface area contributed by atoms with Crippen molar-refractivity contribution in [2.24, 2.45) is 0 Å². The lowest BCUT2D eigenvalue weighted by Crippen LogP contribution is -2.09. The van der Waals surface area contributed by atoms with Crippen LogP contribution in [0.15, 0.2) is 40.9 Å². The van der Waals surface area contributed by atoms with E-state index in [0.717, 1.165) is 0 Å². The minimum Gasteiger partial charge on any atom is -0.478 e. The lowest BCUT2D eigenvalue weighted by molar-refractivity contribution is -0.384. The van der Waals surface area contributed by atoms with Crippen LogP contribution in [0.2, 0.25) is 5.02 Å². The van der Waals surface area contributed by atoms with Crippen LogP contribution in [0.25, 0.3) is 0 Å². The van der Waals surface area contributed by atoms with E-state index in [4.69, 9.17) is 11.6 Å². The second-order valence-electron chi connectivity index (χ2n) is 4.35. The largest absolute Gasteiger partial charge is 0.478 e. The third-order valence-corrected chi connectivity index (χ3v) is 3.75. The van der Waals surface area contributed by atoms with Crippen molar-refractivity contribution in [3.63, 3.8) is 0 Å². The molecule has 2 aromatic carbocycles. The highest BCUT2D eigenvalue weighted by atomic mass is 79.9. The van der Waals surface area contributed by atoms with Crippen LogP contribution in [0, 0.1) is 10.1 Å². The van der Waals surface area contributed by atoms with Crippen molar-refractivity contribution in [1.82, 2.24) is 0 Å². The van der Waals surface area contributed by atoms with Crippen LogP contribution in [-0.2, 0) is 6.54 Å². The summed E-state index contributed by atoms with van der Waals surface area (Å²) < 4.78 is 0.319. The van der Waals surface area contributed by atoms with Crippen LogP contribution in [0.4, 0.5) is 11.4 Å². The number of benzene rings is 2. The Morgan fingerprint density at radius 3 is 2.64 bits per heavy atom. The summed E-state index contributed by atoms with van der Waals surface area (Å²) >= 11 is 9.10. The van der Waals surface area contributed by atoms with Gasteiger partial charge in [0.2, 0.25) is 0 Å². The van der Waals surface area contributed by atoms with Gasteiger partial charge >= 0.3 is 5.97 Å². The first-order valence-electron chi connectivity index (χ1n) is 6.08. The third kappa shape index (κ3) is 3.55. The second kappa shape index (κ2) is 6.76. The van der Waals surface area contributed by atoms with Gasteiger partial charge in [-0.1, -0.05) is 45.7 Å². The molecule has 0 aliphatic heterocycles. The highest BCUT2D eigenvalue weighted by Gasteiger charge is 2.23. The van der Waals surface area contributed by atoms with Crippen molar-refractivity contribution in [3.05, 3.63) is 67.1 Å². The van der Waals surface area contributed by atoms with E-state index in [9.17, 15) is 20.0 Å². The molecule has 0 spiro atoms. The van der Waals surface area contributed by atoms with Gasteiger partial charge in [-0.3, -0.25) is 10.1 Å².